The van der Waals surface area contributed by atoms with E-state index in [2.05, 4.69) is 23.5 Å². The van der Waals surface area contributed by atoms with Gasteiger partial charge in [-0.1, -0.05) is 29.8 Å². The van der Waals surface area contributed by atoms with E-state index in [0.717, 1.165) is 11.8 Å². The maximum atomic E-state index is 12.0. The average Bonchev–Trinajstić information content (AvgIpc) is 2.74. The second kappa shape index (κ2) is 7.17. The number of carboxylic acid groups (broad SMARTS) is 1. The van der Waals surface area contributed by atoms with Crippen LogP contribution in [0.1, 0.15) is 41.6 Å². The van der Waals surface area contributed by atoms with Crippen molar-refractivity contribution < 1.29 is 19.4 Å². The summed E-state index contributed by atoms with van der Waals surface area (Å²) in [6.07, 6.45) is 10.3. The van der Waals surface area contributed by atoms with Gasteiger partial charge in [-0.25, -0.2) is 4.79 Å². The van der Waals surface area contributed by atoms with E-state index in [-0.39, 0.29) is 11.0 Å². The summed E-state index contributed by atoms with van der Waals surface area (Å²) >= 11 is 0. The highest BCUT2D eigenvalue weighted by atomic mass is 16.5. The molecule has 4 aliphatic carbocycles. The Kier molecular flexibility index (Phi) is 4.46. The van der Waals surface area contributed by atoms with Gasteiger partial charge in [-0.15, -0.1) is 0 Å². The number of ether oxygens (including phenoxy) is 1. The molecular weight excluding hydrogens is 378 g/mol. The van der Waals surface area contributed by atoms with E-state index in [1.54, 1.807) is 17.7 Å². The van der Waals surface area contributed by atoms with Crippen LogP contribution in [-0.4, -0.2) is 17.0 Å². The summed E-state index contributed by atoms with van der Waals surface area (Å²) in [5.41, 5.74) is 3.84. The van der Waals surface area contributed by atoms with E-state index in [9.17, 15) is 9.59 Å². The Balaban J connectivity index is 1.19. The first-order chi connectivity index (χ1) is 14.5. The number of allylic oxidation sites excluding steroid dienone is 2. The van der Waals surface area contributed by atoms with Crippen molar-refractivity contribution in [1.29, 1.82) is 0 Å². The highest BCUT2D eigenvalue weighted by Crippen LogP contribution is 2.65. The second-order valence-electron chi connectivity index (χ2n) is 8.50. The summed E-state index contributed by atoms with van der Waals surface area (Å²) in [5, 5.41) is 11.6. The minimum atomic E-state index is -1.04. The Bertz CT molecular complexity index is 1070. The number of hydrogen-bond donors (Lipinski definition) is 2. The highest BCUT2D eigenvalue weighted by molar-refractivity contribution is 6.00. The normalized spacial score (nSPS) is 26.1. The van der Waals surface area contributed by atoms with Gasteiger partial charge < -0.3 is 15.2 Å². The Labute approximate surface area is 175 Å². The topological polar surface area (TPSA) is 75.6 Å². The summed E-state index contributed by atoms with van der Waals surface area (Å²) in [5.74, 6) is 0.903. The second-order valence-corrected chi connectivity index (χ2v) is 8.50. The van der Waals surface area contributed by atoms with Crippen molar-refractivity contribution in [3.63, 3.8) is 0 Å². The zero-order chi connectivity index (χ0) is 20.7. The molecule has 2 aromatic rings. The molecular formula is C25H23NO4. The van der Waals surface area contributed by atoms with Crippen LogP contribution in [0, 0.1) is 11.8 Å². The molecule has 6 rings (SSSR count). The number of amides is 1. The van der Waals surface area contributed by atoms with Gasteiger partial charge in [0.15, 0.2) is 0 Å². The Morgan fingerprint density at radius 3 is 2.67 bits per heavy atom. The van der Waals surface area contributed by atoms with Gasteiger partial charge in [-0.3, -0.25) is 4.79 Å². The van der Waals surface area contributed by atoms with Crippen molar-refractivity contribution in [2.24, 2.45) is 11.8 Å². The zero-order valence-corrected chi connectivity index (χ0v) is 16.5. The number of carboxylic acids is 1. The summed E-state index contributed by atoms with van der Waals surface area (Å²) in [6.45, 7) is 0. The molecule has 0 spiro atoms. The van der Waals surface area contributed by atoms with Crippen molar-refractivity contribution in [2.75, 3.05) is 5.32 Å². The number of nitrogens with one attached hydrogen (secondary N) is 1. The largest absolute Gasteiger partial charge is 0.478 e. The lowest BCUT2D eigenvalue weighted by molar-refractivity contribution is -0.112. The minimum absolute atomic E-state index is 0.118. The molecule has 0 aromatic heterocycles. The smallest absolute Gasteiger partial charge is 0.335 e. The van der Waals surface area contributed by atoms with E-state index in [0.29, 0.717) is 11.4 Å². The van der Waals surface area contributed by atoms with Gasteiger partial charge in [0.05, 0.1) is 11.8 Å². The molecule has 3 unspecified atom stereocenters. The van der Waals surface area contributed by atoms with Crippen LogP contribution in [-0.2, 0) is 10.2 Å². The Morgan fingerprint density at radius 2 is 1.97 bits per heavy atom. The van der Waals surface area contributed by atoms with Gasteiger partial charge in [0.25, 0.3) is 5.91 Å². The summed E-state index contributed by atoms with van der Waals surface area (Å²) in [7, 11) is 0. The average molecular weight is 401 g/mol. The predicted octanol–water partition coefficient (Wildman–Crippen LogP) is 4.91. The Morgan fingerprint density at radius 1 is 1.13 bits per heavy atom. The lowest BCUT2D eigenvalue weighted by Crippen LogP contribution is -2.53. The molecule has 4 bridgehead atoms. The highest BCUT2D eigenvalue weighted by Gasteiger charge is 2.56. The van der Waals surface area contributed by atoms with Gasteiger partial charge in [0.2, 0.25) is 0 Å². The number of fused-ring (bicyclic) bond motifs is 1. The van der Waals surface area contributed by atoms with Crippen LogP contribution in [0.25, 0.3) is 0 Å². The van der Waals surface area contributed by atoms with Crippen LogP contribution in [0.4, 0.5) is 5.69 Å². The van der Waals surface area contributed by atoms with Crippen LogP contribution in [0.15, 0.2) is 72.5 Å². The summed E-state index contributed by atoms with van der Waals surface area (Å²) < 4.78 is 5.58. The predicted molar refractivity (Wildman–Crippen MR) is 113 cm³/mol. The first-order valence-corrected chi connectivity index (χ1v) is 10.3. The third-order valence-electron chi connectivity index (χ3n) is 6.72. The molecule has 0 aliphatic heterocycles. The van der Waals surface area contributed by atoms with Crippen LogP contribution in [0.5, 0.6) is 5.75 Å². The first kappa shape index (κ1) is 18.7. The Hall–Kier alpha value is -3.34. The maximum absolute atomic E-state index is 12.0. The van der Waals surface area contributed by atoms with Gasteiger partial charge in [-0.05, 0) is 73.4 Å². The minimum Gasteiger partial charge on any atom is -0.478 e. The van der Waals surface area contributed by atoms with E-state index in [1.807, 2.05) is 12.1 Å². The number of aromatic carboxylic acids is 1. The standard InChI is InChI=1S/C25H23NO4/c27-23(26-20-3-1-2-17(13-20)24(28)29)10-11-30-21-7-5-19(6-8-21)25-14-16-4-9-22(25)18(12-16)15-25/h1-3,5-11,13,16,18H,4,12,14-15H2,(H,26,27)(H,28,29)/b11-10+. The van der Waals surface area contributed by atoms with Crippen LogP contribution in [0.3, 0.4) is 0 Å². The number of anilines is 1. The van der Waals surface area contributed by atoms with Crippen molar-refractivity contribution in [2.45, 2.75) is 31.1 Å². The van der Waals surface area contributed by atoms with Crippen molar-refractivity contribution in [3.05, 3.63) is 83.6 Å². The van der Waals surface area contributed by atoms with Crippen molar-refractivity contribution in [3.8, 4) is 5.75 Å². The molecule has 5 nitrogen and oxygen atoms in total. The van der Waals surface area contributed by atoms with Gasteiger partial charge in [-0.2, -0.15) is 0 Å². The molecule has 0 saturated heterocycles. The maximum Gasteiger partial charge on any atom is 0.335 e. The quantitative estimate of drug-likeness (QED) is 0.410. The van der Waals surface area contributed by atoms with E-state index in [4.69, 9.17) is 9.84 Å². The SMILES string of the molecule is O=C(/C=C/Oc1ccc(C23CC4CC=C2C(C4)C3)cc1)Nc1cccc(C(=O)O)c1. The van der Waals surface area contributed by atoms with Gasteiger partial charge in [0.1, 0.15) is 5.75 Å². The molecule has 4 aliphatic rings. The fraction of sp³-hybridized carbons (Fsp3) is 0.280. The van der Waals surface area contributed by atoms with Crippen LogP contribution in [0.2, 0.25) is 0 Å². The van der Waals surface area contributed by atoms with E-state index in [1.165, 1.54) is 55.7 Å². The summed E-state index contributed by atoms with van der Waals surface area (Å²) in [6, 6.07) is 14.3. The zero-order valence-electron chi connectivity index (χ0n) is 16.5. The molecule has 2 aromatic carbocycles. The molecule has 30 heavy (non-hydrogen) atoms. The molecule has 0 radical (unpaired) electrons. The third-order valence-corrected chi connectivity index (χ3v) is 6.72. The molecule has 3 atom stereocenters. The molecule has 2 saturated carbocycles. The number of benzene rings is 2. The molecule has 2 N–H and O–H groups in total. The monoisotopic (exact) mass is 401 g/mol. The third kappa shape index (κ3) is 3.20. The van der Waals surface area contributed by atoms with E-state index >= 15 is 0 Å². The lowest BCUT2D eigenvalue weighted by atomic mass is 9.43. The summed E-state index contributed by atoms with van der Waals surface area (Å²) in [4.78, 5) is 23.0. The van der Waals surface area contributed by atoms with Gasteiger partial charge in [0, 0.05) is 17.2 Å². The lowest BCUT2D eigenvalue weighted by Gasteiger charge is -2.61. The van der Waals surface area contributed by atoms with Crippen molar-refractivity contribution in [1.82, 2.24) is 0 Å². The molecule has 152 valence electrons. The number of carbonyl (C=O) groups is 2. The molecule has 0 heterocycles. The fourth-order valence-corrected chi connectivity index (χ4v) is 5.48. The van der Waals surface area contributed by atoms with Crippen LogP contribution >= 0.6 is 0 Å². The van der Waals surface area contributed by atoms with E-state index < -0.39 is 11.9 Å². The molecule has 1 amide bonds. The fourth-order valence-electron chi connectivity index (χ4n) is 5.48. The number of hydrogen-bond acceptors (Lipinski definition) is 3. The van der Waals surface area contributed by atoms with Crippen molar-refractivity contribution >= 4 is 17.6 Å². The number of carbonyl (C=O) groups excluding carboxylic acids is 1. The number of rotatable bonds is 6. The van der Waals surface area contributed by atoms with Crippen LogP contribution < -0.4 is 10.1 Å². The molecule has 5 heteroatoms. The first-order valence-electron chi connectivity index (χ1n) is 10.3. The molecule has 2 fully saturated rings. The van der Waals surface area contributed by atoms with Gasteiger partial charge >= 0.3 is 5.97 Å².